The van der Waals surface area contributed by atoms with Crippen molar-refractivity contribution in [3.63, 3.8) is 0 Å². The van der Waals surface area contributed by atoms with Crippen LogP contribution in [-0.2, 0) is 15.6 Å². The van der Waals surface area contributed by atoms with Crippen molar-refractivity contribution in [2.45, 2.75) is 53.8 Å². The van der Waals surface area contributed by atoms with Crippen molar-refractivity contribution >= 4 is 6.45 Å². The Kier molecular flexibility index (Phi) is 23.3. The average Bonchev–Trinajstić information content (AvgIpc) is 2.83. The van der Waals surface area contributed by atoms with E-state index in [4.69, 9.17) is 0 Å². The summed E-state index contributed by atoms with van der Waals surface area (Å²) in [6, 6.07) is 0. The topological polar surface area (TPSA) is 28.2 Å². The van der Waals surface area contributed by atoms with Crippen molar-refractivity contribution < 1.29 is 28.0 Å². The van der Waals surface area contributed by atoms with E-state index in [2.05, 4.69) is 48.5 Å². The van der Waals surface area contributed by atoms with Gasteiger partial charge in [-0.2, -0.15) is 26.2 Å². The molecule has 0 fully saturated rings. The van der Waals surface area contributed by atoms with Gasteiger partial charge in [-0.25, -0.2) is 0 Å². The molecule has 0 unspecified atom stereocenters. The van der Waals surface area contributed by atoms with Gasteiger partial charge in [0.15, 0.2) is 0 Å². The van der Waals surface area contributed by atoms with Crippen LogP contribution in [0, 0.1) is 0 Å². The van der Waals surface area contributed by atoms with Crippen molar-refractivity contribution in [2.24, 2.45) is 0 Å². The summed E-state index contributed by atoms with van der Waals surface area (Å²) >= 11 is 0.557. The van der Waals surface area contributed by atoms with Gasteiger partial charge in [0.1, 0.15) is 0 Å². The molecule has 0 aromatic rings. The molecule has 0 radical (unpaired) electrons. The number of nitrogens with zero attached hydrogens (tertiary/aromatic N) is 2. The average molecular weight is 369 g/mol. The molecule has 1 rings (SSSR count). The summed E-state index contributed by atoms with van der Waals surface area (Å²) in [5.74, 6) is 0. The molecule has 124 valence electrons. The van der Waals surface area contributed by atoms with Gasteiger partial charge in [-0.05, 0) is 0 Å². The van der Waals surface area contributed by atoms with Crippen molar-refractivity contribution in [3.05, 3.63) is 33.1 Å². The minimum atomic E-state index is -0.737. The van der Waals surface area contributed by atoms with Crippen LogP contribution in [0.1, 0.15) is 34.1 Å². The molecule has 0 heterocycles. The third-order valence-corrected chi connectivity index (χ3v) is 8.09. The van der Waals surface area contributed by atoms with Crippen molar-refractivity contribution in [3.8, 4) is 0 Å². The van der Waals surface area contributed by atoms with Gasteiger partial charge in [0.2, 0.25) is 0 Å². The maximum absolute atomic E-state index is 3.97. The molecule has 0 aromatic heterocycles. The van der Waals surface area contributed by atoms with E-state index >= 15 is 0 Å². The zero-order chi connectivity index (χ0) is 15.9. The number of allylic oxidation sites excluding steroid dienone is 4. The number of rotatable bonds is 6. The fraction of sp³-hybridized carbons (Fsp3) is 0.750. The number of hydrogen-bond acceptors (Lipinski definition) is 0. The van der Waals surface area contributed by atoms with Crippen LogP contribution in [0.3, 0.4) is 0 Å². The molecule has 1 aliphatic rings. The minimum absolute atomic E-state index is 0. The first-order chi connectivity index (χ1) is 9.41. The maximum Gasteiger partial charge on any atom is -1.00 e. The number of hydrogen-bond donors (Lipinski definition) is 0. The van der Waals surface area contributed by atoms with Gasteiger partial charge in [-0.1, -0.05) is 27.7 Å². The molecule has 0 aromatic carbocycles. The summed E-state index contributed by atoms with van der Waals surface area (Å²) in [6.07, 6.45) is 7.30. The van der Waals surface area contributed by atoms with Crippen LogP contribution >= 0.6 is 0 Å². The molecule has 21 heavy (non-hydrogen) atoms. The minimum Gasteiger partial charge on any atom is -1.00 e. The van der Waals surface area contributed by atoms with Crippen LogP contribution in [-0.4, -0.2) is 32.6 Å². The summed E-state index contributed by atoms with van der Waals surface area (Å²) < 4.78 is 1.73. The van der Waals surface area contributed by atoms with E-state index in [1.165, 1.54) is 6.42 Å². The number of halogens is 1. The predicted octanol–water partition coefficient (Wildman–Crippen LogP) is 2.55. The Morgan fingerprint density at radius 2 is 1.38 bits per heavy atom. The van der Waals surface area contributed by atoms with Gasteiger partial charge in [-0.3, -0.25) is 0 Å². The Balaban J connectivity index is -0.000000254. The van der Waals surface area contributed by atoms with Gasteiger partial charge >= 0.3 is 70.6 Å². The summed E-state index contributed by atoms with van der Waals surface area (Å²) in [4.78, 5) is 0. The first kappa shape index (κ1) is 26.4. The summed E-state index contributed by atoms with van der Waals surface area (Å²) in [6.45, 7) is 19.4. The quantitative estimate of drug-likeness (QED) is 0.645. The molecular formula is C16H34ClN2SiV. The molecule has 0 bridgehead atoms. The van der Waals surface area contributed by atoms with Crippen LogP contribution in [0.25, 0.3) is 10.6 Å². The van der Waals surface area contributed by atoms with Crippen molar-refractivity contribution in [1.82, 2.24) is 0 Å². The monoisotopic (exact) mass is 368 g/mol. The zero-order valence-electron chi connectivity index (χ0n) is 15.0. The van der Waals surface area contributed by atoms with Gasteiger partial charge in [-0.15, -0.1) is 0 Å². The van der Waals surface area contributed by atoms with Gasteiger partial charge in [0.25, 0.3) is 0 Å². The Labute approximate surface area is 147 Å². The van der Waals surface area contributed by atoms with Crippen LogP contribution in [0.4, 0.5) is 0 Å². The predicted molar refractivity (Wildman–Crippen MR) is 94.1 cm³/mol. The van der Waals surface area contributed by atoms with E-state index in [1.54, 1.807) is 4.28 Å². The second-order valence-electron chi connectivity index (χ2n) is 5.29. The second kappa shape index (κ2) is 18.5. The van der Waals surface area contributed by atoms with E-state index in [-0.39, 0.29) is 12.4 Å². The fourth-order valence-electron chi connectivity index (χ4n) is 1.40. The first-order valence-corrected chi connectivity index (χ1v) is 14.0. The SMILES string of the molecule is CC[N-]CC.CC[N-]CC.C[Si](C)(C)[V+3][C]1=CC=CC1.[Cl-]. The van der Waals surface area contributed by atoms with Crippen LogP contribution < -0.4 is 12.4 Å². The van der Waals surface area contributed by atoms with E-state index < -0.39 is 6.45 Å². The summed E-state index contributed by atoms with van der Waals surface area (Å²) in [7, 11) is 0. The third kappa shape index (κ3) is 25.8. The Morgan fingerprint density at radius 1 is 0.952 bits per heavy atom. The fourth-order valence-corrected chi connectivity index (χ4v) is 7.54. The van der Waals surface area contributed by atoms with Crippen LogP contribution in [0.2, 0.25) is 19.6 Å². The maximum atomic E-state index is 3.97. The molecule has 0 aliphatic heterocycles. The van der Waals surface area contributed by atoms with Crippen LogP contribution in [0.15, 0.2) is 22.5 Å². The largest absolute Gasteiger partial charge is 1.00 e. The normalized spacial score (nSPS) is 12.0. The molecule has 1 aliphatic carbocycles. The first-order valence-electron chi connectivity index (χ1n) is 7.76. The van der Waals surface area contributed by atoms with E-state index in [0.29, 0.717) is 15.6 Å². The molecular weight excluding hydrogens is 335 g/mol. The molecule has 2 nitrogen and oxygen atoms in total. The molecule has 0 saturated heterocycles. The van der Waals surface area contributed by atoms with Gasteiger partial charge < -0.3 is 23.0 Å². The third-order valence-electron chi connectivity index (χ3n) is 2.13. The summed E-state index contributed by atoms with van der Waals surface area (Å²) in [5.41, 5.74) is 0. The zero-order valence-corrected chi connectivity index (χ0v) is 18.1. The molecule has 0 N–H and O–H groups in total. The van der Waals surface area contributed by atoms with Crippen LogP contribution in [0.5, 0.6) is 0 Å². The molecule has 0 amide bonds. The standard InChI is InChI=1S/C5H5.2C4H10N.C3H9Si.ClH.V/c1-2-4-5-3-1;2*1-3-5-4-2;1-4(2)3;;/h1-3H,4H2;2*3-4H2,1-2H3;1-3H3;1H;/q;2*-1;;;+3/p-1. The Morgan fingerprint density at radius 3 is 1.57 bits per heavy atom. The summed E-state index contributed by atoms with van der Waals surface area (Å²) in [5, 5.41) is 7.94. The van der Waals surface area contributed by atoms with Crippen molar-refractivity contribution in [2.75, 3.05) is 26.2 Å². The molecule has 0 spiro atoms. The Hall–Kier alpha value is 0.491. The Bertz CT molecular complexity index is 253. The molecule has 0 saturated carbocycles. The van der Waals surface area contributed by atoms with E-state index in [0.717, 1.165) is 26.2 Å². The molecule has 0 atom stereocenters. The van der Waals surface area contributed by atoms with Gasteiger partial charge in [0, 0.05) is 0 Å². The van der Waals surface area contributed by atoms with E-state index in [9.17, 15) is 0 Å². The van der Waals surface area contributed by atoms with Gasteiger partial charge in [0.05, 0.1) is 0 Å². The smallest absolute Gasteiger partial charge is 1.00 e. The second-order valence-corrected chi connectivity index (χ2v) is 18.1. The van der Waals surface area contributed by atoms with Crippen molar-refractivity contribution in [1.29, 1.82) is 0 Å². The molecule has 5 heteroatoms. The van der Waals surface area contributed by atoms with E-state index in [1.807, 2.05) is 27.7 Å².